The van der Waals surface area contributed by atoms with E-state index in [1.54, 1.807) is 19.1 Å². The molecule has 0 bridgehead atoms. The van der Waals surface area contributed by atoms with Crippen molar-refractivity contribution in [2.24, 2.45) is 0 Å². The molecule has 3 nitrogen and oxygen atoms in total. The Bertz CT molecular complexity index is 382. The maximum atomic E-state index is 13.5. The number of carbonyl (C=O) groups is 1. The van der Waals surface area contributed by atoms with Crippen LogP contribution in [0.5, 0.6) is 5.75 Å². The molecule has 0 aliphatic heterocycles. The molecular weight excluding hydrogens is 211 g/mol. The molecule has 0 atom stereocenters. The van der Waals surface area contributed by atoms with Crippen LogP contribution in [0.3, 0.4) is 0 Å². The second-order valence-electron chi connectivity index (χ2n) is 2.97. The van der Waals surface area contributed by atoms with Crippen LogP contribution in [0.15, 0.2) is 30.3 Å². The molecule has 0 aliphatic rings. The van der Waals surface area contributed by atoms with Gasteiger partial charge in [0.15, 0.2) is 0 Å². The molecule has 0 saturated carbocycles. The molecule has 0 aromatic heterocycles. The molecule has 0 heterocycles. The van der Waals surface area contributed by atoms with Crippen LogP contribution in [0.1, 0.15) is 12.5 Å². The summed E-state index contributed by atoms with van der Waals surface area (Å²) < 4.78 is 23.0. The first-order valence-electron chi connectivity index (χ1n) is 4.85. The van der Waals surface area contributed by atoms with Crippen LogP contribution in [0.2, 0.25) is 0 Å². The van der Waals surface area contributed by atoms with Crippen molar-refractivity contribution in [1.82, 2.24) is 0 Å². The molecule has 0 spiro atoms. The van der Waals surface area contributed by atoms with Crippen LogP contribution >= 0.6 is 0 Å². The molecule has 1 aromatic rings. The third-order valence-corrected chi connectivity index (χ3v) is 1.90. The van der Waals surface area contributed by atoms with Gasteiger partial charge in [-0.15, -0.1) is 0 Å². The van der Waals surface area contributed by atoms with E-state index in [0.717, 1.165) is 6.08 Å². The van der Waals surface area contributed by atoms with Crippen molar-refractivity contribution in [3.63, 3.8) is 0 Å². The highest BCUT2D eigenvalue weighted by atomic mass is 19.1. The third-order valence-electron chi connectivity index (χ3n) is 1.90. The summed E-state index contributed by atoms with van der Waals surface area (Å²) in [6.07, 6.45) is 0.825. The van der Waals surface area contributed by atoms with Crippen molar-refractivity contribution in [3.05, 3.63) is 35.9 Å². The average molecular weight is 224 g/mol. The van der Waals surface area contributed by atoms with Gasteiger partial charge in [0.25, 0.3) is 0 Å². The predicted molar refractivity (Wildman–Crippen MR) is 58.7 cm³/mol. The SMILES string of the molecule is CCOC(=O)/C=C(/F)c1ccc(OC)cc1. The number of hydrogen-bond donors (Lipinski definition) is 0. The number of carbonyl (C=O) groups excluding carboxylic acids is 1. The quantitative estimate of drug-likeness (QED) is 0.582. The lowest BCUT2D eigenvalue weighted by Gasteiger charge is -2.01. The van der Waals surface area contributed by atoms with Gasteiger partial charge in [-0.05, 0) is 31.2 Å². The summed E-state index contributed by atoms with van der Waals surface area (Å²) in [6, 6.07) is 6.30. The lowest BCUT2D eigenvalue weighted by atomic mass is 10.2. The molecule has 4 heteroatoms. The minimum atomic E-state index is -0.684. The van der Waals surface area contributed by atoms with E-state index >= 15 is 0 Å². The van der Waals surface area contributed by atoms with E-state index in [0.29, 0.717) is 11.3 Å². The summed E-state index contributed by atoms with van der Waals surface area (Å²) in [4.78, 5) is 11.0. The molecule has 0 N–H and O–H groups in total. The maximum absolute atomic E-state index is 13.5. The highest BCUT2D eigenvalue weighted by Gasteiger charge is 2.04. The highest BCUT2D eigenvalue weighted by Crippen LogP contribution is 2.19. The van der Waals surface area contributed by atoms with Crippen LogP contribution in [0.4, 0.5) is 4.39 Å². The summed E-state index contributed by atoms with van der Waals surface area (Å²) in [5.41, 5.74) is 0.314. The maximum Gasteiger partial charge on any atom is 0.333 e. The van der Waals surface area contributed by atoms with E-state index in [-0.39, 0.29) is 6.61 Å². The van der Waals surface area contributed by atoms with Gasteiger partial charge >= 0.3 is 5.97 Å². The smallest absolute Gasteiger partial charge is 0.333 e. The minimum Gasteiger partial charge on any atom is -0.497 e. The molecule has 16 heavy (non-hydrogen) atoms. The molecular formula is C12H13FO3. The van der Waals surface area contributed by atoms with Gasteiger partial charge in [-0.1, -0.05) is 0 Å². The largest absolute Gasteiger partial charge is 0.497 e. The number of benzene rings is 1. The van der Waals surface area contributed by atoms with E-state index in [9.17, 15) is 9.18 Å². The van der Waals surface area contributed by atoms with Gasteiger partial charge in [0, 0.05) is 5.56 Å². The number of rotatable bonds is 4. The van der Waals surface area contributed by atoms with Crippen LogP contribution in [-0.4, -0.2) is 19.7 Å². The van der Waals surface area contributed by atoms with Gasteiger partial charge in [0.05, 0.1) is 19.8 Å². The number of halogens is 1. The van der Waals surface area contributed by atoms with Gasteiger partial charge < -0.3 is 9.47 Å². The zero-order chi connectivity index (χ0) is 12.0. The van der Waals surface area contributed by atoms with Crippen molar-refractivity contribution in [2.45, 2.75) is 6.92 Å². The van der Waals surface area contributed by atoms with Crippen molar-refractivity contribution in [3.8, 4) is 5.75 Å². The van der Waals surface area contributed by atoms with Crippen molar-refractivity contribution in [1.29, 1.82) is 0 Å². The van der Waals surface area contributed by atoms with Gasteiger partial charge in [0.1, 0.15) is 11.6 Å². The van der Waals surface area contributed by atoms with Crippen LogP contribution in [0.25, 0.3) is 5.83 Å². The third kappa shape index (κ3) is 3.38. The molecule has 0 unspecified atom stereocenters. The fraction of sp³-hybridized carbons (Fsp3) is 0.250. The molecule has 1 rings (SSSR count). The van der Waals surface area contributed by atoms with Crippen LogP contribution in [-0.2, 0) is 9.53 Å². The first kappa shape index (κ1) is 12.2. The second-order valence-corrected chi connectivity index (χ2v) is 2.97. The topological polar surface area (TPSA) is 35.5 Å². The summed E-state index contributed by atoms with van der Waals surface area (Å²) in [5.74, 6) is -0.676. The lowest BCUT2D eigenvalue weighted by Crippen LogP contribution is -1.99. The van der Waals surface area contributed by atoms with Gasteiger partial charge in [-0.25, -0.2) is 9.18 Å². The molecule has 0 radical (unpaired) electrons. The van der Waals surface area contributed by atoms with Crippen molar-refractivity contribution >= 4 is 11.8 Å². The fourth-order valence-corrected chi connectivity index (χ4v) is 1.12. The number of ether oxygens (including phenoxy) is 2. The second kappa shape index (κ2) is 5.90. The van der Waals surface area contributed by atoms with Gasteiger partial charge in [0.2, 0.25) is 0 Å². The Morgan fingerprint density at radius 3 is 2.50 bits per heavy atom. The first-order chi connectivity index (χ1) is 7.67. The van der Waals surface area contributed by atoms with E-state index in [1.165, 1.54) is 19.2 Å². The monoisotopic (exact) mass is 224 g/mol. The summed E-state index contributed by atoms with van der Waals surface area (Å²) in [6.45, 7) is 1.89. The summed E-state index contributed by atoms with van der Waals surface area (Å²) in [5, 5.41) is 0. The molecule has 0 saturated heterocycles. The fourth-order valence-electron chi connectivity index (χ4n) is 1.12. The van der Waals surface area contributed by atoms with E-state index in [1.807, 2.05) is 0 Å². The normalized spacial score (nSPS) is 11.1. The standard InChI is InChI=1S/C12H13FO3/c1-3-16-12(14)8-11(13)9-4-6-10(15-2)7-5-9/h4-8H,3H2,1-2H3/b11-8+. The average Bonchev–Trinajstić information content (AvgIpc) is 2.29. The summed E-state index contributed by atoms with van der Waals surface area (Å²) >= 11 is 0. The molecule has 0 aliphatic carbocycles. The van der Waals surface area contributed by atoms with E-state index in [2.05, 4.69) is 4.74 Å². The van der Waals surface area contributed by atoms with E-state index < -0.39 is 11.8 Å². The Morgan fingerprint density at radius 1 is 1.38 bits per heavy atom. The van der Waals surface area contributed by atoms with Gasteiger partial charge in [-0.3, -0.25) is 0 Å². The van der Waals surface area contributed by atoms with E-state index in [4.69, 9.17) is 4.74 Å². The zero-order valence-electron chi connectivity index (χ0n) is 9.20. The summed E-state index contributed by atoms with van der Waals surface area (Å²) in [7, 11) is 1.53. The highest BCUT2D eigenvalue weighted by molar-refractivity contribution is 5.89. The molecule has 86 valence electrons. The number of hydrogen-bond acceptors (Lipinski definition) is 3. The number of esters is 1. The molecule has 0 amide bonds. The first-order valence-corrected chi connectivity index (χ1v) is 4.85. The van der Waals surface area contributed by atoms with Gasteiger partial charge in [-0.2, -0.15) is 0 Å². The molecule has 1 aromatic carbocycles. The van der Waals surface area contributed by atoms with Crippen molar-refractivity contribution in [2.75, 3.05) is 13.7 Å². The Kier molecular flexibility index (Phi) is 4.51. The Balaban J connectivity index is 2.79. The number of methoxy groups -OCH3 is 1. The predicted octanol–water partition coefficient (Wildman–Crippen LogP) is 2.57. The minimum absolute atomic E-state index is 0.227. The Labute approximate surface area is 93.5 Å². The Morgan fingerprint density at radius 2 is 2.00 bits per heavy atom. The van der Waals surface area contributed by atoms with Crippen LogP contribution in [0, 0.1) is 0 Å². The zero-order valence-corrected chi connectivity index (χ0v) is 9.20. The van der Waals surface area contributed by atoms with Crippen molar-refractivity contribution < 1.29 is 18.7 Å². The van der Waals surface area contributed by atoms with Crippen LogP contribution < -0.4 is 4.74 Å². The molecule has 0 fully saturated rings. The Hall–Kier alpha value is -1.84. The lowest BCUT2D eigenvalue weighted by molar-refractivity contribution is -0.137.